The van der Waals surface area contributed by atoms with Gasteiger partial charge in [-0.3, -0.25) is 9.89 Å². The quantitative estimate of drug-likeness (QED) is 0.670. The molecule has 1 aromatic heterocycles. The van der Waals surface area contributed by atoms with Crippen molar-refractivity contribution in [2.24, 2.45) is 0 Å². The van der Waals surface area contributed by atoms with Crippen molar-refractivity contribution in [1.82, 2.24) is 15.5 Å². The lowest BCUT2D eigenvalue weighted by atomic mass is 10.1. The Morgan fingerprint density at radius 1 is 1.59 bits per heavy atom. The minimum atomic E-state index is 0.0577. The molecule has 0 aliphatic heterocycles. The van der Waals surface area contributed by atoms with Crippen LogP contribution in [0.4, 0.5) is 0 Å². The minimum Gasteiger partial charge on any atom is -0.381 e. The highest BCUT2D eigenvalue weighted by Gasteiger charge is 2.02. The van der Waals surface area contributed by atoms with E-state index in [1.807, 2.05) is 20.0 Å². The topological polar surface area (TPSA) is 67.0 Å². The maximum absolute atomic E-state index is 11.3. The van der Waals surface area contributed by atoms with Crippen LogP contribution in [0.3, 0.4) is 0 Å². The zero-order valence-corrected chi connectivity index (χ0v) is 10.6. The van der Waals surface area contributed by atoms with Gasteiger partial charge in [-0.25, -0.2) is 0 Å². The monoisotopic (exact) mass is 239 g/mol. The number of aromatic amines is 1. The molecular weight excluding hydrogens is 218 g/mol. The highest BCUT2D eigenvalue weighted by Crippen LogP contribution is 2.04. The van der Waals surface area contributed by atoms with Gasteiger partial charge in [-0.1, -0.05) is 0 Å². The molecule has 0 bridgehead atoms. The Bertz CT molecular complexity index is 336. The van der Waals surface area contributed by atoms with Gasteiger partial charge >= 0.3 is 0 Å². The summed E-state index contributed by atoms with van der Waals surface area (Å²) in [6.07, 6.45) is 4.15. The molecule has 1 rings (SSSR count). The molecule has 1 aromatic rings. The number of amides is 1. The Hall–Kier alpha value is -1.36. The Labute approximate surface area is 102 Å². The van der Waals surface area contributed by atoms with E-state index in [1.54, 1.807) is 0 Å². The van der Waals surface area contributed by atoms with E-state index in [0.717, 1.165) is 18.5 Å². The van der Waals surface area contributed by atoms with Crippen molar-refractivity contribution in [3.05, 3.63) is 17.5 Å². The maximum atomic E-state index is 11.3. The number of hydrogen-bond donors (Lipinski definition) is 2. The van der Waals surface area contributed by atoms with Crippen molar-refractivity contribution in [2.75, 3.05) is 19.8 Å². The molecule has 5 nitrogen and oxygen atoms in total. The average Bonchev–Trinajstić information content (AvgIpc) is 2.71. The van der Waals surface area contributed by atoms with Gasteiger partial charge in [0.1, 0.15) is 0 Å². The predicted octanol–water partition coefficient (Wildman–Crippen LogP) is 1.19. The second kappa shape index (κ2) is 7.84. The number of H-pyrrole nitrogens is 1. The van der Waals surface area contributed by atoms with Crippen molar-refractivity contribution in [3.8, 4) is 0 Å². The van der Waals surface area contributed by atoms with E-state index in [2.05, 4.69) is 15.5 Å². The fraction of sp³-hybridized carbons (Fsp3) is 0.667. The lowest BCUT2D eigenvalue weighted by Gasteiger charge is -2.05. The lowest BCUT2D eigenvalue weighted by Crippen LogP contribution is -2.25. The van der Waals surface area contributed by atoms with E-state index in [0.29, 0.717) is 26.2 Å². The van der Waals surface area contributed by atoms with Crippen LogP contribution in [0, 0.1) is 6.92 Å². The molecule has 0 radical (unpaired) electrons. The second-order valence-electron chi connectivity index (χ2n) is 3.92. The Balaban J connectivity index is 2.04. The first kappa shape index (κ1) is 13.7. The first-order valence-corrected chi connectivity index (χ1v) is 6.07. The Morgan fingerprint density at radius 2 is 2.41 bits per heavy atom. The van der Waals surface area contributed by atoms with Crippen molar-refractivity contribution in [2.45, 2.75) is 33.1 Å². The van der Waals surface area contributed by atoms with Crippen LogP contribution < -0.4 is 5.32 Å². The molecular formula is C12H21N3O2. The molecule has 0 saturated carbocycles. The summed E-state index contributed by atoms with van der Waals surface area (Å²) in [5, 5.41) is 9.73. The normalized spacial score (nSPS) is 10.5. The van der Waals surface area contributed by atoms with E-state index in [9.17, 15) is 4.79 Å². The van der Waals surface area contributed by atoms with Crippen molar-refractivity contribution in [1.29, 1.82) is 0 Å². The SMILES string of the molecule is CCOCCC(=O)NCCCc1cn[nH]c1C. The van der Waals surface area contributed by atoms with Gasteiger partial charge in [-0.2, -0.15) is 5.10 Å². The average molecular weight is 239 g/mol. The molecule has 0 aliphatic carbocycles. The van der Waals surface area contributed by atoms with Crippen molar-refractivity contribution >= 4 is 5.91 Å². The molecule has 96 valence electrons. The number of carbonyl (C=O) groups excluding carboxylic acids is 1. The van der Waals surface area contributed by atoms with Gasteiger partial charge < -0.3 is 10.1 Å². The van der Waals surface area contributed by atoms with Gasteiger partial charge in [0.15, 0.2) is 0 Å². The summed E-state index contributed by atoms with van der Waals surface area (Å²) < 4.78 is 5.11. The van der Waals surface area contributed by atoms with E-state index >= 15 is 0 Å². The molecule has 0 atom stereocenters. The molecule has 0 saturated heterocycles. The molecule has 5 heteroatoms. The van der Waals surface area contributed by atoms with Crippen LogP contribution in [0.25, 0.3) is 0 Å². The van der Waals surface area contributed by atoms with Gasteiger partial charge in [0.05, 0.1) is 12.8 Å². The fourth-order valence-electron chi connectivity index (χ4n) is 1.53. The first-order chi connectivity index (χ1) is 8.24. The lowest BCUT2D eigenvalue weighted by molar-refractivity contribution is -0.122. The van der Waals surface area contributed by atoms with Gasteiger partial charge in [0, 0.05) is 25.3 Å². The molecule has 1 amide bonds. The molecule has 17 heavy (non-hydrogen) atoms. The van der Waals surface area contributed by atoms with Crippen molar-refractivity contribution in [3.63, 3.8) is 0 Å². The number of ether oxygens (including phenoxy) is 1. The number of nitrogens with zero attached hydrogens (tertiary/aromatic N) is 1. The summed E-state index contributed by atoms with van der Waals surface area (Å²) in [6, 6.07) is 0. The first-order valence-electron chi connectivity index (χ1n) is 6.07. The van der Waals surface area contributed by atoms with E-state index in [4.69, 9.17) is 4.74 Å². The van der Waals surface area contributed by atoms with Crippen molar-refractivity contribution < 1.29 is 9.53 Å². The molecule has 0 spiro atoms. The Kier molecular flexibility index (Phi) is 6.32. The van der Waals surface area contributed by atoms with Crippen LogP contribution >= 0.6 is 0 Å². The third kappa shape index (κ3) is 5.49. The molecule has 0 unspecified atom stereocenters. The predicted molar refractivity (Wildman–Crippen MR) is 65.8 cm³/mol. The largest absolute Gasteiger partial charge is 0.381 e. The standard InChI is InChI=1S/C12H21N3O2/c1-3-17-8-6-12(16)13-7-4-5-11-9-14-15-10(11)2/h9H,3-8H2,1-2H3,(H,13,16)(H,14,15). The van der Waals surface area contributed by atoms with E-state index < -0.39 is 0 Å². The summed E-state index contributed by atoms with van der Waals surface area (Å²) in [4.78, 5) is 11.3. The van der Waals surface area contributed by atoms with Crippen LogP contribution in [0.15, 0.2) is 6.20 Å². The molecule has 0 aromatic carbocycles. The zero-order chi connectivity index (χ0) is 12.5. The van der Waals surface area contributed by atoms with Gasteiger partial charge in [0.2, 0.25) is 5.91 Å². The molecule has 0 aliphatic rings. The zero-order valence-electron chi connectivity index (χ0n) is 10.6. The molecule has 1 heterocycles. The Morgan fingerprint density at radius 3 is 3.06 bits per heavy atom. The summed E-state index contributed by atoms with van der Waals surface area (Å²) in [6.45, 7) is 5.79. The number of rotatable bonds is 8. The van der Waals surface area contributed by atoms with Gasteiger partial charge in [0.25, 0.3) is 0 Å². The number of aromatic nitrogens is 2. The second-order valence-corrected chi connectivity index (χ2v) is 3.92. The van der Waals surface area contributed by atoms with Crippen LogP contribution in [0.5, 0.6) is 0 Å². The van der Waals surface area contributed by atoms with Gasteiger partial charge in [-0.15, -0.1) is 0 Å². The third-order valence-electron chi connectivity index (χ3n) is 2.56. The van der Waals surface area contributed by atoms with E-state index in [1.165, 1.54) is 5.56 Å². The number of hydrogen-bond acceptors (Lipinski definition) is 3. The number of carbonyl (C=O) groups is 1. The maximum Gasteiger partial charge on any atom is 0.222 e. The van der Waals surface area contributed by atoms with Crippen LogP contribution in [-0.4, -0.2) is 35.9 Å². The van der Waals surface area contributed by atoms with Gasteiger partial charge in [-0.05, 0) is 32.3 Å². The van der Waals surface area contributed by atoms with Crippen LogP contribution in [0.2, 0.25) is 0 Å². The third-order valence-corrected chi connectivity index (χ3v) is 2.56. The number of aryl methyl sites for hydroxylation is 2. The smallest absolute Gasteiger partial charge is 0.222 e. The van der Waals surface area contributed by atoms with Crippen LogP contribution in [-0.2, 0) is 16.0 Å². The van der Waals surface area contributed by atoms with Crippen LogP contribution in [0.1, 0.15) is 31.0 Å². The summed E-state index contributed by atoms with van der Waals surface area (Å²) >= 11 is 0. The molecule has 0 fully saturated rings. The highest BCUT2D eigenvalue weighted by molar-refractivity contribution is 5.75. The summed E-state index contributed by atoms with van der Waals surface area (Å²) in [5.41, 5.74) is 2.32. The summed E-state index contributed by atoms with van der Waals surface area (Å²) in [5.74, 6) is 0.0577. The molecule has 2 N–H and O–H groups in total. The van der Waals surface area contributed by atoms with E-state index in [-0.39, 0.29) is 5.91 Å². The minimum absolute atomic E-state index is 0.0577. The number of nitrogens with one attached hydrogen (secondary N) is 2. The fourth-order valence-corrected chi connectivity index (χ4v) is 1.53. The highest BCUT2D eigenvalue weighted by atomic mass is 16.5. The summed E-state index contributed by atoms with van der Waals surface area (Å²) in [7, 11) is 0.